The third-order valence-corrected chi connectivity index (χ3v) is 5.25. The van der Waals surface area contributed by atoms with Crippen molar-refractivity contribution in [2.24, 2.45) is 12.0 Å². The van der Waals surface area contributed by atoms with E-state index in [-0.39, 0.29) is 11.5 Å². The van der Waals surface area contributed by atoms with E-state index in [4.69, 9.17) is 9.73 Å². The lowest BCUT2D eigenvalue weighted by Gasteiger charge is -2.35. The predicted molar refractivity (Wildman–Crippen MR) is 114 cm³/mol. The Morgan fingerprint density at radius 2 is 2.07 bits per heavy atom. The molecule has 1 saturated heterocycles. The number of guanidine groups is 1. The van der Waals surface area contributed by atoms with Crippen molar-refractivity contribution < 1.29 is 4.74 Å². The summed E-state index contributed by atoms with van der Waals surface area (Å²) >= 11 is 0. The fraction of sp³-hybridized carbons (Fsp3) is 0.545. The van der Waals surface area contributed by atoms with Crippen molar-refractivity contribution in [3.63, 3.8) is 0 Å². The number of morpholine rings is 1. The first-order valence-corrected chi connectivity index (χ1v) is 10.1. The number of aromatic nitrogens is 2. The van der Waals surface area contributed by atoms with E-state index in [0.29, 0.717) is 6.61 Å². The van der Waals surface area contributed by atoms with Crippen LogP contribution in [0.4, 0.5) is 0 Å². The lowest BCUT2D eigenvalue weighted by molar-refractivity contribution is -0.00806. The van der Waals surface area contributed by atoms with Crippen molar-refractivity contribution in [1.29, 1.82) is 0 Å². The molecular formula is C22H33N5O. The molecule has 28 heavy (non-hydrogen) atoms. The van der Waals surface area contributed by atoms with Crippen molar-refractivity contribution in [3.8, 4) is 0 Å². The van der Waals surface area contributed by atoms with Crippen LogP contribution in [0, 0.1) is 6.92 Å². The van der Waals surface area contributed by atoms with Gasteiger partial charge < -0.3 is 15.0 Å². The maximum Gasteiger partial charge on any atom is 0.194 e. The Balaban J connectivity index is 1.73. The topological polar surface area (TPSA) is 54.7 Å². The van der Waals surface area contributed by atoms with Crippen LogP contribution in [0.3, 0.4) is 0 Å². The second-order valence-electron chi connectivity index (χ2n) is 8.17. The Morgan fingerprint density at radius 1 is 1.32 bits per heavy atom. The minimum absolute atomic E-state index is 0.0244. The van der Waals surface area contributed by atoms with Gasteiger partial charge in [0.1, 0.15) is 6.10 Å². The SMILES string of the molecule is CCNC(=NCC(C)(C)c1ccc(C)cc1)N1CCOC(c2cnn(C)c2)C1. The van der Waals surface area contributed by atoms with Gasteiger partial charge in [0.15, 0.2) is 5.96 Å². The van der Waals surface area contributed by atoms with Gasteiger partial charge in [0, 0.05) is 37.3 Å². The molecular weight excluding hydrogens is 350 g/mol. The molecule has 1 unspecified atom stereocenters. The Kier molecular flexibility index (Phi) is 6.39. The highest BCUT2D eigenvalue weighted by Crippen LogP contribution is 2.25. The van der Waals surface area contributed by atoms with Gasteiger partial charge in [-0.25, -0.2) is 0 Å². The first-order chi connectivity index (χ1) is 13.4. The molecule has 0 spiro atoms. The van der Waals surface area contributed by atoms with Crippen LogP contribution in [-0.2, 0) is 17.2 Å². The molecule has 0 amide bonds. The van der Waals surface area contributed by atoms with E-state index in [2.05, 4.69) is 67.3 Å². The van der Waals surface area contributed by atoms with Crippen LogP contribution in [-0.4, -0.2) is 53.4 Å². The number of nitrogens with one attached hydrogen (secondary N) is 1. The first kappa shape index (κ1) is 20.4. The quantitative estimate of drug-likeness (QED) is 0.637. The standard InChI is InChI=1S/C22H33N5O/c1-6-23-21(24-16-22(3,4)19-9-7-17(2)8-10-19)27-11-12-28-20(15-27)18-13-25-26(5)14-18/h7-10,13-14,20H,6,11-12,15-16H2,1-5H3,(H,23,24). The van der Waals surface area contributed by atoms with Gasteiger partial charge in [-0.2, -0.15) is 5.10 Å². The van der Waals surface area contributed by atoms with Crippen LogP contribution >= 0.6 is 0 Å². The zero-order chi connectivity index (χ0) is 20.1. The summed E-state index contributed by atoms with van der Waals surface area (Å²) in [5.41, 5.74) is 3.69. The molecule has 1 aliphatic heterocycles. The molecule has 0 aliphatic carbocycles. The van der Waals surface area contributed by atoms with Gasteiger partial charge in [-0.05, 0) is 19.4 Å². The number of hydrogen-bond acceptors (Lipinski definition) is 3. The number of benzene rings is 1. The van der Waals surface area contributed by atoms with Crippen LogP contribution < -0.4 is 5.32 Å². The average Bonchev–Trinajstić information content (AvgIpc) is 3.12. The number of aliphatic imine (C=N–C) groups is 1. The number of ether oxygens (including phenoxy) is 1. The highest BCUT2D eigenvalue weighted by atomic mass is 16.5. The van der Waals surface area contributed by atoms with Crippen LogP contribution in [0.25, 0.3) is 0 Å². The molecule has 1 aliphatic rings. The fourth-order valence-corrected chi connectivity index (χ4v) is 3.44. The van der Waals surface area contributed by atoms with E-state index in [1.54, 1.807) is 0 Å². The Bertz CT molecular complexity index is 794. The maximum absolute atomic E-state index is 5.98. The molecule has 1 fully saturated rings. The number of aryl methyl sites for hydroxylation is 2. The van der Waals surface area contributed by atoms with E-state index in [0.717, 1.165) is 37.7 Å². The molecule has 1 aromatic carbocycles. The molecule has 2 heterocycles. The second kappa shape index (κ2) is 8.78. The molecule has 1 atom stereocenters. The van der Waals surface area contributed by atoms with E-state index in [1.807, 2.05) is 24.1 Å². The van der Waals surface area contributed by atoms with Gasteiger partial charge in [0.2, 0.25) is 0 Å². The normalized spacial score (nSPS) is 18.4. The lowest BCUT2D eigenvalue weighted by atomic mass is 9.84. The molecule has 0 bridgehead atoms. The van der Waals surface area contributed by atoms with Gasteiger partial charge in [0.25, 0.3) is 0 Å². The van der Waals surface area contributed by atoms with Crippen molar-refractivity contribution in [3.05, 3.63) is 53.3 Å². The molecule has 6 nitrogen and oxygen atoms in total. The van der Waals surface area contributed by atoms with Gasteiger partial charge in [-0.1, -0.05) is 43.7 Å². The highest BCUT2D eigenvalue weighted by Gasteiger charge is 2.26. The average molecular weight is 384 g/mol. The molecule has 2 aromatic rings. The summed E-state index contributed by atoms with van der Waals surface area (Å²) in [6.07, 6.45) is 3.94. The third kappa shape index (κ3) is 4.93. The molecule has 0 radical (unpaired) electrons. The summed E-state index contributed by atoms with van der Waals surface area (Å²) in [6, 6.07) is 8.77. The molecule has 1 aromatic heterocycles. The van der Waals surface area contributed by atoms with E-state index in [9.17, 15) is 0 Å². The molecule has 3 rings (SSSR count). The molecule has 1 N–H and O–H groups in total. The fourth-order valence-electron chi connectivity index (χ4n) is 3.44. The minimum Gasteiger partial charge on any atom is -0.370 e. The third-order valence-electron chi connectivity index (χ3n) is 5.25. The van der Waals surface area contributed by atoms with Crippen LogP contribution in [0.1, 0.15) is 43.6 Å². The van der Waals surface area contributed by atoms with Crippen molar-refractivity contribution in [2.75, 3.05) is 32.8 Å². The van der Waals surface area contributed by atoms with Crippen LogP contribution in [0.5, 0.6) is 0 Å². The lowest BCUT2D eigenvalue weighted by Crippen LogP contribution is -2.48. The van der Waals surface area contributed by atoms with Gasteiger partial charge in [-0.15, -0.1) is 0 Å². The summed E-state index contributed by atoms with van der Waals surface area (Å²) in [4.78, 5) is 7.30. The summed E-state index contributed by atoms with van der Waals surface area (Å²) in [5.74, 6) is 0.958. The van der Waals surface area contributed by atoms with Crippen LogP contribution in [0.2, 0.25) is 0 Å². The zero-order valence-corrected chi connectivity index (χ0v) is 17.8. The predicted octanol–water partition coefficient (Wildman–Crippen LogP) is 3.05. The Morgan fingerprint density at radius 3 is 2.71 bits per heavy atom. The van der Waals surface area contributed by atoms with Gasteiger partial charge >= 0.3 is 0 Å². The van der Waals surface area contributed by atoms with Gasteiger partial charge in [-0.3, -0.25) is 9.67 Å². The summed E-state index contributed by atoms with van der Waals surface area (Å²) in [6.45, 7) is 12.6. The Labute approximate surface area is 168 Å². The summed E-state index contributed by atoms with van der Waals surface area (Å²) in [5, 5.41) is 7.74. The Hall–Kier alpha value is -2.34. The van der Waals surface area contributed by atoms with Crippen molar-refractivity contribution in [2.45, 2.75) is 39.2 Å². The number of rotatable bonds is 5. The molecule has 0 saturated carbocycles. The van der Waals surface area contributed by atoms with E-state index in [1.165, 1.54) is 11.1 Å². The van der Waals surface area contributed by atoms with E-state index >= 15 is 0 Å². The van der Waals surface area contributed by atoms with Crippen molar-refractivity contribution >= 4 is 5.96 Å². The molecule has 152 valence electrons. The summed E-state index contributed by atoms with van der Waals surface area (Å²) < 4.78 is 7.80. The zero-order valence-electron chi connectivity index (χ0n) is 17.8. The molecule has 6 heteroatoms. The van der Waals surface area contributed by atoms with Crippen LogP contribution in [0.15, 0.2) is 41.7 Å². The minimum atomic E-state index is -0.0244. The highest BCUT2D eigenvalue weighted by molar-refractivity contribution is 5.80. The second-order valence-corrected chi connectivity index (χ2v) is 8.17. The maximum atomic E-state index is 5.98. The largest absolute Gasteiger partial charge is 0.370 e. The smallest absolute Gasteiger partial charge is 0.194 e. The van der Waals surface area contributed by atoms with Gasteiger partial charge in [0.05, 0.1) is 25.9 Å². The summed E-state index contributed by atoms with van der Waals surface area (Å²) in [7, 11) is 1.93. The number of hydrogen-bond donors (Lipinski definition) is 1. The monoisotopic (exact) mass is 383 g/mol. The number of nitrogens with zero attached hydrogens (tertiary/aromatic N) is 4. The van der Waals surface area contributed by atoms with Crippen molar-refractivity contribution in [1.82, 2.24) is 20.0 Å². The van der Waals surface area contributed by atoms with E-state index < -0.39 is 0 Å². The first-order valence-electron chi connectivity index (χ1n) is 10.1.